The molecule has 3 unspecified atom stereocenters. The Kier molecular flexibility index (Phi) is 2.74. The van der Waals surface area contributed by atoms with Crippen molar-refractivity contribution in [2.45, 2.75) is 44.3 Å². The highest BCUT2D eigenvalue weighted by Crippen LogP contribution is 2.26. The van der Waals surface area contributed by atoms with Gasteiger partial charge in [0.1, 0.15) is 0 Å². The Balaban J connectivity index is 1.91. The lowest BCUT2D eigenvalue weighted by molar-refractivity contribution is -0.130. The van der Waals surface area contributed by atoms with E-state index in [0.717, 1.165) is 32.4 Å². The van der Waals surface area contributed by atoms with Crippen LogP contribution in [0, 0.1) is 0 Å². The lowest BCUT2D eigenvalue weighted by Gasteiger charge is -2.47. The molecular weight excluding hydrogens is 178 g/mol. The molecule has 4 heteroatoms. The Bertz CT molecular complexity index is 231. The fourth-order valence-electron chi connectivity index (χ4n) is 2.56. The van der Waals surface area contributed by atoms with Crippen molar-refractivity contribution in [3.8, 4) is 0 Å². The summed E-state index contributed by atoms with van der Waals surface area (Å²) in [6.45, 7) is 4.31. The predicted octanol–water partition coefficient (Wildman–Crippen LogP) is -0.313. The number of primary amides is 1. The molecule has 0 bridgehead atoms. The van der Waals surface area contributed by atoms with E-state index < -0.39 is 0 Å². The summed E-state index contributed by atoms with van der Waals surface area (Å²) in [6.07, 6.45) is 3.24. The van der Waals surface area contributed by atoms with Crippen molar-refractivity contribution in [1.29, 1.82) is 0 Å². The van der Waals surface area contributed by atoms with E-state index in [4.69, 9.17) is 5.73 Å². The van der Waals surface area contributed by atoms with Crippen LogP contribution in [0.5, 0.6) is 0 Å². The second-order valence-corrected chi connectivity index (χ2v) is 4.48. The molecule has 14 heavy (non-hydrogen) atoms. The van der Waals surface area contributed by atoms with Gasteiger partial charge in [-0.3, -0.25) is 9.69 Å². The number of carbonyl (C=O) groups is 1. The summed E-state index contributed by atoms with van der Waals surface area (Å²) in [6, 6.07) is 1.16. The molecule has 2 rings (SSSR count). The number of rotatable bonds is 2. The molecule has 0 aromatic heterocycles. The Morgan fingerprint density at radius 2 is 2.29 bits per heavy atom. The first kappa shape index (κ1) is 9.93. The van der Waals surface area contributed by atoms with Gasteiger partial charge in [-0.25, -0.2) is 0 Å². The van der Waals surface area contributed by atoms with E-state index in [1.165, 1.54) is 0 Å². The van der Waals surface area contributed by atoms with Crippen LogP contribution >= 0.6 is 0 Å². The summed E-state index contributed by atoms with van der Waals surface area (Å²) >= 11 is 0. The number of hydrogen-bond acceptors (Lipinski definition) is 3. The molecular formula is C10H19N3O. The van der Waals surface area contributed by atoms with Crippen molar-refractivity contribution >= 4 is 5.91 Å². The predicted molar refractivity (Wildman–Crippen MR) is 54.8 cm³/mol. The van der Waals surface area contributed by atoms with Gasteiger partial charge in [0.15, 0.2) is 0 Å². The first-order valence-corrected chi connectivity index (χ1v) is 5.47. The largest absolute Gasteiger partial charge is 0.368 e. The Hall–Kier alpha value is -0.610. The van der Waals surface area contributed by atoms with Crippen molar-refractivity contribution in [3.05, 3.63) is 0 Å². The minimum Gasteiger partial charge on any atom is -0.368 e. The van der Waals surface area contributed by atoms with Gasteiger partial charge in [-0.15, -0.1) is 0 Å². The van der Waals surface area contributed by atoms with Crippen LogP contribution in [0.1, 0.15) is 26.2 Å². The maximum Gasteiger partial charge on any atom is 0.234 e. The fourth-order valence-corrected chi connectivity index (χ4v) is 2.56. The lowest BCUT2D eigenvalue weighted by Crippen LogP contribution is -2.61. The molecule has 0 aromatic rings. The second-order valence-electron chi connectivity index (χ2n) is 4.48. The van der Waals surface area contributed by atoms with Crippen molar-refractivity contribution in [2.75, 3.05) is 13.1 Å². The van der Waals surface area contributed by atoms with Crippen LogP contribution in [0.15, 0.2) is 0 Å². The van der Waals surface area contributed by atoms with Crippen LogP contribution in [0.2, 0.25) is 0 Å². The quantitative estimate of drug-likeness (QED) is 0.638. The molecule has 0 radical (unpaired) electrons. The molecule has 0 aromatic carbocycles. The van der Waals surface area contributed by atoms with Gasteiger partial charge in [-0.2, -0.15) is 0 Å². The van der Waals surface area contributed by atoms with Gasteiger partial charge < -0.3 is 11.1 Å². The van der Waals surface area contributed by atoms with Crippen LogP contribution in [0.4, 0.5) is 0 Å². The molecule has 2 heterocycles. The minimum absolute atomic E-state index is 0.0188. The zero-order chi connectivity index (χ0) is 10.1. The highest BCUT2D eigenvalue weighted by molar-refractivity contribution is 5.80. The zero-order valence-electron chi connectivity index (χ0n) is 8.70. The molecule has 1 amide bonds. The van der Waals surface area contributed by atoms with Crippen LogP contribution in [-0.2, 0) is 4.79 Å². The molecule has 3 atom stereocenters. The first-order chi connectivity index (χ1) is 6.68. The normalized spacial score (nSPS) is 39.1. The standard InChI is InChI=1S/C10H19N3O/c1-7-6-8(2-4-12-7)13-5-3-9(13)10(11)14/h7-9,12H,2-6H2,1H3,(H2,11,14). The molecule has 0 spiro atoms. The van der Waals surface area contributed by atoms with Gasteiger partial charge in [0.2, 0.25) is 5.91 Å². The molecule has 4 nitrogen and oxygen atoms in total. The third kappa shape index (κ3) is 1.77. The van der Waals surface area contributed by atoms with Gasteiger partial charge in [0.05, 0.1) is 6.04 Å². The summed E-state index contributed by atoms with van der Waals surface area (Å²) in [5.74, 6) is -0.151. The number of nitrogens with zero attached hydrogens (tertiary/aromatic N) is 1. The summed E-state index contributed by atoms with van der Waals surface area (Å²) < 4.78 is 0. The van der Waals surface area contributed by atoms with E-state index in [1.807, 2.05) is 0 Å². The number of amides is 1. The van der Waals surface area contributed by atoms with Crippen LogP contribution in [0.3, 0.4) is 0 Å². The maximum atomic E-state index is 11.1. The van der Waals surface area contributed by atoms with Gasteiger partial charge in [-0.05, 0) is 32.7 Å². The summed E-state index contributed by atoms with van der Waals surface area (Å²) in [5, 5.41) is 3.42. The summed E-state index contributed by atoms with van der Waals surface area (Å²) in [4.78, 5) is 13.4. The van der Waals surface area contributed by atoms with E-state index in [2.05, 4.69) is 17.1 Å². The lowest BCUT2D eigenvalue weighted by atomic mass is 9.92. The van der Waals surface area contributed by atoms with Crippen molar-refractivity contribution < 1.29 is 4.79 Å². The molecule has 2 aliphatic rings. The van der Waals surface area contributed by atoms with Gasteiger partial charge in [-0.1, -0.05) is 0 Å². The third-order valence-corrected chi connectivity index (χ3v) is 3.45. The molecule has 2 fully saturated rings. The van der Waals surface area contributed by atoms with Gasteiger partial charge >= 0.3 is 0 Å². The second kappa shape index (κ2) is 3.87. The third-order valence-electron chi connectivity index (χ3n) is 3.45. The molecule has 3 N–H and O–H groups in total. The monoisotopic (exact) mass is 197 g/mol. The zero-order valence-corrected chi connectivity index (χ0v) is 8.70. The molecule has 0 saturated carbocycles. The number of nitrogens with two attached hydrogens (primary N) is 1. The van der Waals surface area contributed by atoms with Crippen LogP contribution in [-0.4, -0.2) is 42.0 Å². The van der Waals surface area contributed by atoms with E-state index in [-0.39, 0.29) is 11.9 Å². The highest BCUT2D eigenvalue weighted by Gasteiger charge is 2.38. The molecule has 0 aliphatic carbocycles. The topological polar surface area (TPSA) is 58.4 Å². The average Bonchev–Trinajstić information content (AvgIpc) is 2.00. The van der Waals surface area contributed by atoms with Crippen molar-refractivity contribution in [3.63, 3.8) is 0 Å². The Morgan fingerprint density at radius 3 is 2.79 bits per heavy atom. The number of carbonyl (C=O) groups excluding carboxylic acids is 1. The SMILES string of the molecule is CC1CC(N2CCC2C(N)=O)CCN1. The number of likely N-dealkylation sites (tertiary alicyclic amines) is 1. The first-order valence-electron chi connectivity index (χ1n) is 5.47. The average molecular weight is 197 g/mol. The van der Waals surface area contributed by atoms with Gasteiger partial charge in [0.25, 0.3) is 0 Å². The minimum atomic E-state index is -0.151. The van der Waals surface area contributed by atoms with E-state index in [0.29, 0.717) is 12.1 Å². The van der Waals surface area contributed by atoms with E-state index >= 15 is 0 Å². The molecule has 80 valence electrons. The highest BCUT2D eigenvalue weighted by atomic mass is 16.1. The maximum absolute atomic E-state index is 11.1. The van der Waals surface area contributed by atoms with Gasteiger partial charge in [0, 0.05) is 18.6 Å². The van der Waals surface area contributed by atoms with Crippen molar-refractivity contribution in [1.82, 2.24) is 10.2 Å². The van der Waals surface area contributed by atoms with Crippen LogP contribution < -0.4 is 11.1 Å². The molecule has 2 aliphatic heterocycles. The number of hydrogen-bond donors (Lipinski definition) is 2. The molecule has 2 saturated heterocycles. The summed E-state index contributed by atoms with van der Waals surface area (Å²) in [5.41, 5.74) is 5.33. The Morgan fingerprint density at radius 1 is 1.50 bits per heavy atom. The van der Waals surface area contributed by atoms with Crippen molar-refractivity contribution in [2.24, 2.45) is 5.73 Å². The number of nitrogens with one attached hydrogen (secondary N) is 1. The Labute approximate surface area is 84.8 Å². The smallest absolute Gasteiger partial charge is 0.234 e. The van der Waals surface area contributed by atoms with E-state index in [9.17, 15) is 4.79 Å². The number of piperidine rings is 1. The van der Waals surface area contributed by atoms with E-state index in [1.54, 1.807) is 0 Å². The van der Waals surface area contributed by atoms with Crippen LogP contribution in [0.25, 0.3) is 0 Å². The fraction of sp³-hybridized carbons (Fsp3) is 0.900. The summed E-state index contributed by atoms with van der Waals surface area (Å²) in [7, 11) is 0.